The van der Waals surface area contributed by atoms with Gasteiger partial charge in [-0.25, -0.2) is 4.39 Å². The molecule has 0 bridgehead atoms. The van der Waals surface area contributed by atoms with Crippen molar-refractivity contribution in [3.63, 3.8) is 0 Å². The number of benzene rings is 3. The molecule has 0 aliphatic carbocycles. The number of amides is 1. The lowest BCUT2D eigenvalue weighted by atomic mass is 9.98. The molecule has 5 nitrogen and oxygen atoms in total. The number of hydrogen-bond donors (Lipinski definition) is 1. The van der Waals surface area contributed by atoms with Crippen LogP contribution in [0.4, 0.5) is 4.39 Å². The van der Waals surface area contributed by atoms with Crippen molar-refractivity contribution in [1.29, 1.82) is 0 Å². The van der Waals surface area contributed by atoms with Gasteiger partial charge in [-0.1, -0.05) is 58.4 Å². The van der Waals surface area contributed by atoms with E-state index in [9.17, 15) is 14.0 Å². The predicted molar refractivity (Wildman–Crippen MR) is 120 cm³/mol. The fourth-order valence-corrected chi connectivity index (χ4v) is 3.43. The molecule has 0 saturated carbocycles. The third-order valence-corrected chi connectivity index (χ3v) is 5.24. The monoisotopic (exact) mass is 477 g/mol. The Morgan fingerprint density at radius 2 is 1.52 bits per heavy atom. The summed E-state index contributed by atoms with van der Waals surface area (Å²) in [5.74, 6) is -0.862. The Morgan fingerprint density at radius 3 is 2.19 bits per heavy atom. The molecule has 7 heteroatoms. The Labute approximate surface area is 186 Å². The van der Waals surface area contributed by atoms with Crippen LogP contribution >= 0.6 is 15.9 Å². The number of halogens is 2. The second-order valence-electron chi connectivity index (χ2n) is 6.81. The van der Waals surface area contributed by atoms with Gasteiger partial charge >= 0.3 is 0 Å². The Balaban J connectivity index is 1.67. The topological polar surface area (TPSA) is 64.0 Å². The fraction of sp³-hybridized carbons (Fsp3) is 0.0417. The first kappa shape index (κ1) is 20.7. The highest BCUT2D eigenvalue weighted by molar-refractivity contribution is 9.10. The van der Waals surface area contributed by atoms with Crippen LogP contribution in [-0.4, -0.2) is 15.7 Å². The van der Waals surface area contributed by atoms with Crippen LogP contribution in [0.5, 0.6) is 0 Å². The summed E-state index contributed by atoms with van der Waals surface area (Å²) in [7, 11) is 0. The van der Waals surface area contributed by atoms with Crippen LogP contribution in [0.25, 0.3) is 5.69 Å². The van der Waals surface area contributed by atoms with Gasteiger partial charge in [-0.3, -0.25) is 9.59 Å². The molecular weight excluding hydrogens is 461 g/mol. The SMILES string of the molecule is O=C(NC(c1ccccc1)c1ccc(Br)cc1)c1ccc(=O)n(-c2ccc(F)cc2)n1. The molecule has 4 rings (SSSR count). The molecule has 0 spiro atoms. The van der Waals surface area contributed by atoms with Crippen molar-refractivity contribution in [2.45, 2.75) is 6.04 Å². The van der Waals surface area contributed by atoms with E-state index in [0.29, 0.717) is 5.69 Å². The Bertz CT molecular complexity index is 1260. The number of aromatic nitrogens is 2. The lowest BCUT2D eigenvalue weighted by Crippen LogP contribution is -2.32. The van der Waals surface area contributed by atoms with Gasteiger partial charge in [0.25, 0.3) is 11.5 Å². The average Bonchev–Trinajstić information content (AvgIpc) is 2.79. The number of carbonyl (C=O) groups excluding carboxylic acids is 1. The molecule has 1 unspecified atom stereocenters. The molecular formula is C24H17BrFN3O2. The molecule has 1 aromatic heterocycles. The summed E-state index contributed by atoms with van der Waals surface area (Å²) in [6, 6.07) is 24.8. The highest BCUT2D eigenvalue weighted by Crippen LogP contribution is 2.24. The summed E-state index contributed by atoms with van der Waals surface area (Å²) in [5, 5.41) is 7.19. The minimum atomic E-state index is -0.437. The van der Waals surface area contributed by atoms with Gasteiger partial charge in [0.2, 0.25) is 0 Å². The van der Waals surface area contributed by atoms with Crippen LogP contribution in [0.3, 0.4) is 0 Å². The first-order chi connectivity index (χ1) is 15.0. The second-order valence-corrected chi connectivity index (χ2v) is 7.73. The van der Waals surface area contributed by atoms with E-state index in [4.69, 9.17) is 0 Å². The van der Waals surface area contributed by atoms with Gasteiger partial charge in [0.1, 0.15) is 11.5 Å². The summed E-state index contributed by atoms with van der Waals surface area (Å²) in [6.45, 7) is 0. The molecule has 1 amide bonds. The summed E-state index contributed by atoms with van der Waals surface area (Å²) in [4.78, 5) is 25.3. The third kappa shape index (κ3) is 4.78. The maximum absolute atomic E-state index is 13.2. The van der Waals surface area contributed by atoms with E-state index < -0.39 is 23.3 Å². The Morgan fingerprint density at radius 1 is 0.871 bits per heavy atom. The third-order valence-electron chi connectivity index (χ3n) is 4.72. The highest BCUT2D eigenvalue weighted by Gasteiger charge is 2.19. The number of nitrogens with zero attached hydrogens (tertiary/aromatic N) is 2. The van der Waals surface area contributed by atoms with Gasteiger partial charge in [0.15, 0.2) is 0 Å². The van der Waals surface area contributed by atoms with Gasteiger partial charge in [0.05, 0.1) is 11.7 Å². The minimum Gasteiger partial charge on any atom is -0.340 e. The van der Waals surface area contributed by atoms with Crippen LogP contribution in [0.1, 0.15) is 27.7 Å². The Kier molecular flexibility index (Phi) is 6.04. The van der Waals surface area contributed by atoms with E-state index >= 15 is 0 Å². The summed E-state index contributed by atoms with van der Waals surface area (Å²) >= 11 is 3.43. The quantitative estimate of drug-likeness (QED) is 0.454. The van der Waals surface area contributed by atoms with Gasteiger partial charge in [-0.05, 0) is 53.6 Å². The maximum Gasteiger partial charge on any atom is 0.272 e. The van der Waals surface area contributed by atoms with E-state index in [-0.39, 0.29) is 5.69 Å². The largest absolute Gasteiger partial charge is 0.340 e. The van der Waals surface area contributed by atoms with E-state index in [0.717, 1.165) is 20.3 Å². The average molecular weight is 478 g/mol. The van der Waals surface area contributed by atoms with Crippen LogP contribution < -0.4 is 10.9 Å². The van der Waals surface area contributed by atoms with Crippen LogP contribution in [-0.2, 0) is 0 Å². The maximum atomic E-state index is 13.2. The van der Waals surface area contributed by atoms with Crippen molar-refractivity contribution in [2.24, 2.45) is 0 Å². The van der Waals surface area contributed by atoms with Crippen LogP contribution in [0.15, 0.2) is 100 Å². The van der Waals surface area contributed by atoms with Crippen molar-refractivity contribution in [3.8, 4) is 5.69 Å². The lowest BCUT2D eigenvalue weighted by molar-refractivity contribution is 0.0936. The normalized spacial score (nSPS) is 11.7. The zero-order valence-electron chi connectivity index (χ0n) is 16.2. The first-order valence-corrected chi connectivity index (χ1v) is 10.3. The van der Waals surface area contributed by atoms with Crippen molar-refractivity contribution >= 4 is 21.8 Å². The van der Waals surface area contributed by atoms with Gasteiger partial charge < -0.3 is 5.32 Å². The highest BCUT2D eigenvalue weighted by atomic mass is 79.9. The van der Waals surface area contributed by atoms with Gasteiger partial charge in [0, 0.05) is 10.5 Å². The number of carbonyl (C=O) groups is 1. The molecule has 1 N–H and O–H groups in total. The summed E-state index contributed by atoms with van der Waals surface area (Å²) in [5.41, 5.74) is 1.82. The molecule has 1 heterocycles. The molecule has 31 heavy (non-hydrogen) atoms. The van der Waals surface area contributed by atoms with Crippen molar-refractivity contribution in [1.82, 2.24) is 15.1 Å². The molecule has 4 aromatic rings. The Hall–Kier alpha value is -3.58. The zero-order valence-corrected chi connectivity index (χ0v) is 17.8. The van der Waals surface area contributed by atoms with Crippen molar-refractivity contribution < 1.29 is 9.18 Å². The predicted octanol–water partition coefficient (Wildman–Crippen LogP) is 4.65. The molecule has 0 aliphatic heterocycles. The summed E-state index contributed by atoms with van der Waals surface area (Å²) < 4.78 is 15.2. The number of rotatable bonds is 5. The molecule has 0 saturated heterocycles. The van der Waals surface area contributed by atoms with Gasteiger partial charge in [-0.2, -0.15) is 9.78 Å². The standard InChI is InChI=1S/C24H17BrFN3O2/c25-18-8-6-17(7-9-18)23(16-4-2-1-3-5-16)27-24(31)21-14-15-22(30)29(28-21)20-12-10-19(26)11-13-20/h1-15,23H,(H,27,31). The molecule has 0 radical (unpaired) electrons. The van der Waals surface area contributed by atoms with E-state index in [1.54, 1.807) is 0 Å². The summed E-state index contributed by atoms with van der Waals surface area (Å²) in [6.07, 6.45) is 0. The van der Waals surface area contributed by atoms with Crippen LogP contribution in [0, 0.1) is 5.82 Å². The molecule has 0 fully saturated rings. The molecule has 154 valence electrons. The zero-order chi connectivity index (χ0) is 21.8. The van der Waals surface area contributed by atoms with Crippen molar-refractivity contribution in [3.05, 3.63) is 128 Å². The van der Waals surface area contributed by atoms with E-state index in [2.05, 4.69) is 26.3 Å². The first-order valence-electron chi connectivity index (χ1n) is 9.49. The molecule has 1 atom stereocenters. The number of hydrogen-bond acceptors (Lipinski definition) is 3. The van der Waals surface area contributed by atoms with E-state index in [1.165, 1.54) is 36.4 Å². The van der Waals surface area contributed by atoms with Gasteiger partial charge in [-0.15, -0.1) is 0 Å². The molecule has 3 aromatic carbocycles. The number of nitrogens with one attached hydrogen (secondary N) is 1. The fourth-order valence-electron chi connectivity index (χ4n) is 3.16. The second kappa shape index (κ2) is 9.06. The van der Waals surface area contributed by atoms with Crippen LogP contribution in [0.2, 0.25) is 0 Å². The van der Waals surface area contributed by atoms with E-state index in [1.807, 2.05) is 54.6 Å². The van der Waals surface area contributed by atoms with Crippen molar-refractivity contribution in [2.75, 3.05) is 0 Å². The lowest BCUT2D eigenvalue weighted by Gasteiger charge is -2.20. The smallest absolute Gasteiger partial charge is 0.272 e. The minimum absolute atomic E-state index is 0.0713. The molecule has 0 aliphatic rings.